The Bertz CT molecular complexity index is 569. The Balaban J connectivity index is 2.03. The Hall–Kier alpha value is -2.14. The summed E-state index contributed by atoms with van der Waals surface area (Å²) in [5, 5.41) is 6.58. The highest BCUT2D eigenvalue weighted by molar-refractivity contribution is 7.80. The first kappa shape index (κ1) is 13.3. The number of anilines is 2. The van der Waals surface area contributed by atoms with Crippen LogP contribution in [0.3, 0.4) is 0 Å². The third-order valence-electron chi connectivity index (χ3n) is 2.51. The van der Waals surface area contributed by atoms with Gasteiger partial charge in [-0.05, 0) is 42.9 Å². The van der Waals surface area contributed by atoms with Crippen LogP contribution in [-0.4, -0.2) is 17.2 Å². The number of hydrogen-bond acceptors (Lipinski definition) is 3. The van der Waals surface area contributed by atoms with E-state index in [9.17, 15) is 0 Å². The molecule has 0 aliphatic heterocycles. The van der Waals surface area contributed by atoms with Crippen molar-refractivity contribution in [1.82, 2.24) is 4.98 Å². The number of aryl methyl sites for hydroxylation is 1. The van der Waals surface area contributed by atoms with E-state index in [1.165, 1.54) is 0 Å². The molecule has 0 amide bonds. The summed E-state index contributed by atoms with van der Waals surface area (Å²) in [5.41, 5.74) is 1.92. The second-order valence-corrected chi connectivity index (χ2v) is 4.41. The molecule has 0 unspecified atom stereocenters. The van der Waals surface area contributed by atoms with Crippen LogP contribution in [0.1, 0.15) is 5.56 Å². The molecule has 19 heavy (non-hydrogen) atoms. The molecule has 4 nitrogen and oxygen atoms in total. The molecule has 2 N–H and O–H groups in total. The van der Waals surface area contributed by atoms with E-state index in [1.807, 2.05) is 43.3 Å². The van der Waals surface area contributed by atoms with Crippen LogP contribution in [0.15, 0.2) is 42.6 Å². The second kappa shape index (κ2) is 6.15. The highest BCUT2D eigenvalue weighted by atomic mass is 32.1. The van der Waals surface area contributed by atoms with E-state index < -0.39 is 0 Å². The second-order valence-electron chi connectivity index (χ2n) is 4.00. The number of rotatable bonds is 3. The lowest BCUT2D eigenvalue weighted by molar-refractivity contribution is 0.417. The standard InChI is InChI=1S/C14H15N3OS/c1-10-7-8-13(15-9-10)17-14(19)16-11-5-3-4-6-12(11)18-2/h3-9H,1-2H3,(H2,15,16,17,19). The first-order valence-corrected chi connectivity index (χ1v) is 6.23. The van der Waals surface area contributed by atoms with E-state index in [2.05, 4.69) is 15.6 Å². The summed E-state index contributed by atoms with van der Waals surface area (Å²) < 4.78 is 5.25. The van der Waals surface area contributed by atoms with E-state index in [4.69, 9.17) is 17.0 Å². The summed E-state index contributed by atoms with van der Waals surface area (Å²) in [4.78, 5) is 4.23. The fourth-order valence-corrected chi connectivity index (χ4v) is 1.77. The average molecular weight is 273 g/mol. The summed E-state index contributed by atoms with van der Waals surface area (Å²) in [6.07, 6.45) is 1.79. The smallest absolute Gasteiger partial charge is 0.176 e. The van der Waals surface area contributed by atoms with Crippen LogP contribution in [0, 0.1) is 6.92 Å². The van der Waals surface area contributed by atoms with Gasteiger partial charge in [0.05, 0.1) is 12.8 Å². The van der Waals surface area contributed by atoms with Crippen molar-refractivity contribution in [2.75, 3.05) is 17.7 Å². The Morgan fingerprint density at radius 1 is 1.16 bits per heavy atom. The van der Waals surface area contributed by atoms with Crippen molar-refractivity contribution >= 4 is 28.8 Å². The summed E-state index contributed by atoms with van der Waals surface area (Å²) in [6.45, 7) is 1.99. The van der Waals surface area contributed by atoms with Crippen LogP contribution in [0.5, 0.6) is 5.75 Å². The van der Waals surface area contributed by atoms with Crippen molar-refractivity contribution in [3.05, 3.63) is 48.2 Å². The Kier molecular flexibility index (Phi) is 4.30. The number of thiocarbonyl (C=S) groups is 1. The van der Waals surface area contributed by atoms with Crippen LogP contribution in [0.4, 0.5) is 11.5 Å². The molecule has 0 aliphatic rings. The minimum absolute atomic E-state index is 0.473. The number of benzene rings is 1. The molecule has 5 heteroatoms. The normalized spacial score (nSPS) is 9.79. The number of ether oxygens (including phenoxy) is 1. The predicted octanol–water partition coefficient (Wildman–Crippen LogP) is 3.21. The number of pyridine rings is 1. The molecule has 0 spiro atoms. The zero-order valence-electron chi connectivity index (χ0n) is 10.8. The van der Waals surface area contributed by atoms with Gasteiger partial charge < -0.3 is 15.4 Å². The molecule has 1 aromatic heterocycles. The molecular formula is C14H15N3OS. The topological polar surface area (TPSA) is 46.2 Å². The number of nitrogens with one attached hydrogen (secondary N) is 2. The van der Waals surface area contributed by atoms with Crippen molar-refractivity contribution in [2.24, 2.45) is 0 Å². The molecule has 1 aromatic carbocycles. The maximum Gasteiger partial charge on any atom is 0.176 e. The Morgan fingerprint density at radius 3 is 2.63 bits per heavy atom. The molecule has 0 bridgehead atoms. The van der Waals surface area contributed by atoms with Gasteiger partial charge in [0.2, 0.25) is 0 Å². The SMILES string of the molecule is COc1ccccc1NC(=S)Nc1ccc(C)cn1. The highest BCUT2D eigenvalue weighted by Crippen LogP contribution is 2.23. The van der Waals surface area contributed by atoms with Gasteiger partial charge in [0.25, 0.3) is 0 Å². The molecule has 0 fully saturated rings. The first-order valence-electron chi connectivity index (χ1n) is 5.83. The monoisotopic (exact) mass is 273 g/mol. The minimum atomic E-state index is 0.473. The lowest BCUT2D eigenvalue weighted by Crippen LogP contribution is -2.20. The van der Waals surface area contributed by atoms with Gasteiger partial charge in [0.15, 0.2) is 5.11 Å². The first-order chi connectivity index (χ1) is 9.19. The summed E-state index contributed by atoms with van der Waals surface area (Å²) in [5.74, 6) is 1.45. The predicted molar refractivity (Wildman–Crippen MR) is 81.8 cm³/mol. The number of hydrogen-bond donors (Lipinski definition) is 2. The average Bonchev–Trinajstić information content (AvgIpc) is 2.42. The van der Waals surface area contributed by atoms with Crippen LogP contribution in [-0.2, 0) is 0 Å². The summed E-state index contributed by atoms with van der Waals surface area (Å²) in [7, 11) is 1.62. The largest absolute Gasteiger partial charge is 0.495 e. The van der Waals surface area contributed by atoms with Crippen LogP contribution < -0.4 is 15.4 Å². The zero-order chi connectivity index (χ0) is 13.7. The van der Waals surface area contributed by atoms with Crippen LogP contribution in [0.2, 0.25) is 0 Å². The van der Waals surface area contributed by atoms with Gasteiger partial charge in [0.1, 0.15) is 11.6 Å². The van der Waals surface area contributed by atoms with Gasteiger partial charge in [-0.3, -0.25) is 0 Å². The van der Waals surface area contributed by atoms with Crippen molar-refractivity contribution < 1.29 is 4.74 Å². The Morgan fingerprint density at radius 2 is 1.95 bits per heavy atom. The molecule has 0 saturated carbocycles. The Labute approximate surface area is 117 Å². The fraction of sp³-hybridized carbons (Fsp3) is 0.143. The van der Waals surface area contributed by atoms with Gasteiger partial charge in [-0.1, -0.05) is 18.2 Å². The molecule has 0 saturated heterocycles. The van der Waals surface area contributed by atoms with E-state index in [1.54, 1.807) is 13.3 Å². The lowest BCUT2D eigenvalue weighted by Gasteiger charge is -2.12. The van der Waals surface area contributed by atoms with Gasteiger partial charge in [-0.2, -0.15) is 0 Å². The van der Waals surface area contributed by atoms with E-state index >= 15 is 0 Å². The van der Waals surface area contributed by atoms with Crippen molar-refractivity contribution in [1.29, 1.82) is 0 Å². The number of nitrogens with zero attached hydrogens (tertiary/aromatic N) is 1. The van der Waals surface area contributed by atoms with Gasteiger partial charge in [-0.15, -0.1) is 0 Å². The molecule has 2 rings (SSSR count). The summed E-state index contributed by atoms with van der Waals surface area (Å²) in [6, 6.07) is 11.4. The zero-order valence-corrected chi connectivity index (χ0v) is 11.6. The van der Waals surface area contributed by atoms with Crippen LogP contribution >= 0.6 is 12.2 Å². The van der Waals surface area contributed by atoms with Gasteiger partial charge in [-0.25, -0.2) is 4.98 Å². The summed E-state index contributed by atoms with van der Waals surface area (Å²) >= 11 is 5.24. The molecule has 0 radical (unpaired) electrons. The quantitative estimate of drug-likeness (QED) is 0.841. The third kappa shape index (κ3) is 3.66. The molecule has 98 valence electrons. The molecule has 1 heterocycles. The molecule has 0 atom stereocenters. The molecule has 2 aromatic rings. The van der Waals surface area contributed by atoms with E-state index in [-0.39, 0.29) is 0 Å². The lowest BCUT2D eigenvalue weighted by atomic mass is 10.3. The van der Waals surface area contributed by atoms with Crippen molar-refractivity contribution in [2.45, 2.75) is 6.92 Å². The van der Waals surface area contributed by atoms with Gasteiger partial charge >= 0.3 is 0 Å². The highest BCUT2D eigenvalue weighted by Gasteiger charge is 2.04. The number of aromatic nitrogens is 1. The fourth-order valence-electron chi connectivity index (χ4n) is 1.56. The van der Waals surface area contributed by atoms with Gasteiger partial charge in [0, 0.05) is 6.20 Å². The number of methoxy groups -OCH3 is 1. The molecule has 0 aliphatic carbocycles. The van der Waals surface area contributed by atoms with Crippen LogP contribution in [0.25, 0.3) is 0 Å². The van der Waals surface area contributed by atoms with Crippen molar-refractivity contribution in [3.63, 3.8) is 0 Å². The minimum Gasteiger partial charge on any atom is -0.495 e. The van der Waals surface area contributed by atoms with Crippen molar-refractivity contribution in [3.8, 4) is 5.75 Å². The van der Waals surface area contributed by atoms with E-state index in [0.29, 0.717) is 10.9 Å². The number of para-hydroxylation sites is 2. The third-order valence-corrected chi connectivity index (χ3v) is 2.71. The van der Waals surface area contributed by atoms with E-state index in [0.717, 1.165) is 17.0 Å². The maximum absolute atomic E-state index is 5.25. The maximum atomic E-state index is 5.25. The molecular weight excluding hydrogens is 258 g/mol.